The lowest BCUT2D eigenvalue weighted by atomic mass is 10.0. The predicted molar refractivity (Wildman–Crippen MR) is 243 cm³/mol. The molecule has 0 saturated carbocycles. The normalized spacial score (nSPS) is 12.0. The highest BCUT2D eigenvalue weighted by Gasteiger charge is 2.19. The van der Waals surface area contributed by atoms with Crippen molar-refractivity contribution < 1.29 is 28.6 Å². The topological polar surface area (TPSA) is 78.9 Å². The molecule has 0 radical (unpaired) electrons. The van der Waals surface area contributed by atoms with Crippen LogP contribution in [0.15, 0.2) is 12.2 Å². The van der Waals surface area contributed by atoms with Gasteiger partial charge in [-0.15, -0.1) is 0 Å². The van der Waals surface area contributed by atoms with Crippen molar-refractivity contribution in [3.63, 3.8) is 0 Å². The SMILES string of the molecule is CCCCC/C=C\CCCCCCCC(=O)O[C@H](COC(=O)CCCCCCCCCCCCC)COC(=O)CCCCCCCCCCCCCCCCCC. The van der Waals surface area contributed by atoms with E-state index in [-0.39, 0.29) is 31.1 Å². The fraction of sp³-hybridized carbons (Fsp3) is 0.902. The summed E-state index contributed by atoms with van der Waals surface area (Å²) in [5.41, 5.74) is 0. The molecular weight excluding hydrogens is 709 g/mol. The monoisotopic (exact) mass is 805 g/mol. The Morgan fingerprint density at radius 3 is 0.912 bits per heavy atom. The van der Waals surface area contributed by atoms with Gasteiger partial charge in [0.05, 0.1) is 0 Å². The van der Waals surface area contributed by atoms with Crippen LogP contribution in [0.2, 0.25) is 0 Å². The molecule has 0 aromatic carbocycles. The number of carbonyl (C=O) groups is 3. The molecule has 0 aliphatic carbocycles. The number of allylic oxidation sites excluding steroid dienone is 2. The Kier molecular flexibility index (Phi) is 45.3. The number of hydrogen-bond acceptors (Lipinski definition) is 6. The van der Waals surface area contributed by atoms with E-state index in [0.29, 0.717) is 19.3 Å². The number of rotatable bonds is 46. The Morgan fingerprint density at radius 2 is 0.579 bits per heavy atom. The van der Waals surface area contributed by atoms with Crippen LogP contribution in [0.25, 0.3) is 0 Å². The molecule has 1 atom stereocenters. The zero-order chi connectivity index (χ0) is 41.5. The van der Waals surface area contributed by atoms with Crippen LogP contribution in [-0.4, -0.2) is 37.2 Å². The van der Waals surface area contributed by atoms with Crippen LogP contribution in [0, 0.1) is 0 Å². The van der Waals surface area contributed by atoms with Gasteiger partial charge >= 0.3 is 17.9 Å². The van der Waals surface area contributed by atoms with Crippen molar-refractivity contribution in [1.82, 2.24) is 0 Å². The van der Waals surface area contributed by atoms with Crippen LogP contribution < -0.4 is 0 Å². The number of hydrogen-bond donors (Lipinski definition) is 0. The molecule has 0 rings (SSSR count). The molecule has 0 unspecified atom stereocenters. The maximum Gasteiger partial charge on any atom is 0.306 e. The van der Waals surface area contributed by atoms with Gasteiger partial charge in [-0.1, -0.05) is 226 Å². The summed E-state index contributed by atoms with van der Waals surface area (Å²) in [6, 6.07) is 0. The molecule has 0 aliphatic heterocycles. The van der Waals surface area contributed by atoms with Crippen molar-refractivity contribution in [2.24, 2.45) is 0 Å². The number of esters is 3. The molecule has 0 aromatic heterocycles. The van der Waals surface area contributed by atoms with Gasteiger partial charge in [-0.3, -0.25) is 14.4 Å². The fourth-order valence-electron chi connectivity index (χ4n) is 7.44. The molecule has 0 aliphatic rings. The molecule has 0 fully saturated rings. The molecule has 0 bridgehead atoms. The second kappa shape index (κ2) is 46.8. The molecule has 0 heterocycles. The van der Waals surface area contributed by atoms with E-state index in [4.69, 9.17) is 14.2 Å². The highest BCUT2D eigenvalue weighted by Crippen LogP contribution is 2.16. The summed E-state index contributed by atoms with van der Waals surface area (Å²) in [4.78, 5) is 37.8. The van der Waals surface area contributed by atoms with Crippen molar-refractivity contribution in [3.05, 3.63) is 12.2 Å². The van der Waals surface area contributed by atoms with Gasteiger partial charge in [0.25, 0.3) is 0 Å². The van der Waals surface area contributed by atoms with Gasteiger partial charge in [0.2, 0.25) is 0 Å². The van der Waals surface area contributed by atoms with E-state index >= 15 is 0 Å². The van der Waals surface area contributed by atoms with Crippen LogP contribution in [0.5, 0.6) is 0 Å². The second-order valence-electron chi connectivity index (χ2n) is 17.1. The van der Waals surface area contributed by atoms with Crippen LogP contribution in [0.4, 0.5) is 0 Å². The molecule has 57 heavy (non-hydrogen) atoms. The fourth-order valence-corrected chi connectivity index (χ4v) is 7.44. The largest absolute Gasteiger partial charge is 0.462 e. The summed E-state index contributed by atoms with van der Waals surface area (Å²) in [5.74, 6) is -0.864. The first kappa shape index (κ1) is 55.2. The molecule has 0 N–H and O–H groups in total. The molecule has 0 spiro atoms. The molecule has 6 heteroatoms. The van der Waals surface area contributed by atoms with Crippen LogP contribution in [-0.2, 0) is 28.6 Å². The van der Waals surface area contributed by atoms with Gasteiger partial charge in [0, 0.05) is 19.3 Å². The van der Waals surface area contributed by atoms with Gasteiger partial charge in [-0.25, -0.2) is 0 Å². The molecule has 0 amide bonds. The zero-order valence-electron chi connectivity index (χ0n) is 38.4. The number of ether oxygens (including phenoxy) is 3. The van der Waals surface area contributed by atoms with Crippen LogP contribution in [0.1, 0.15) is 278 Å². The molecule has 6 nitrogen and oxygen atoms in total. The molecule has 0 aromatic rings. The standard InChI is InChI=1S/C51H96O6/c1-4-7-10-13-16-19-22-24-25-26-27-30-32-35-38-41-44-50(53)56-47-48(46-55-49(52)43-40-37-34-31-28-21-18-15-12-9-6-3)57-51(54)45-42-39-36-33-29-23-20-17-14-11-8-5-2/h17,20,48H,4-16,18-19,21-47H2,1-3H3/b20-17-/t48-/m1/s1. The summed E-state index contributed by atoms with van der Waals surface area (Å²) < 4.78 is 16.8. The summed E-state index contributed by atoms with van der Waals surface area (Å²) in [6.45, 7) is 6.63. The van der Waals surface area contributed by atoms with E-state index < -0.39 is 6.10 Å². The van der Waals surface area contributed by atoms with Gasteiger partial charge in [-0.05, 0) is 44.9 Å². The lowest BCUT2D eigenvalue weighted by molar-refractivity contribution is -0.167. The first-order valence-corrected chi connectivity index (χ1v) is 25.2. The minimum absolute atomic E-state index is 0.0683. The summed E-state index contributed by atoms with van der Waals surface area (Å²) in [6.07, 6.45) is 50.5. The Balaban J connectivity index is 4.30. The Labute approximate surface area is 354 Å². The second-order valence-corrected chi connectivity index (χ2v) is 17.1. The lowest BCUT2D eigenvalue weighted by Gasteiger charge is -2.18. The average Bonchev–Trinajstić information content (AvgIpc) is 3.21. The quantitative estimate of drug-likeness (QED) is 0.0264. The average molecular weight is 805 g/mol. The van der Waals surface area contributed by atoms with Gasteiger partial charge < -0.3 is 14.2 Å². The van der Waals surface area contributed by atoms with Crippen LogP contribution >= 0.6 is 0 Å². The summed E-state index contributed by atoms with van der Waals surface area (Å²) >= 11 is 0. The van der Waals surface area contributed by atoms with Gasteiger partial charge in [0.15, 0.2) is 6.10 Å². The van der Waals surface area contributed by atoms with E-state index in [1.54, 1.807) is 0 Å². The lowest BCUT2D eigenvalue weighted by Crippen LogP contribution is -2.30. The highest BCUT2D eigenvalue weighted by molar-refractivity contribution is 5.71. The van der Waals surface area contributed by atoms with E-state index in [0.717, 1.165) is 64.2 Å². The first-order valence-electron chi connectivity index (χ1n) is 25.2. The predicted octanol–water partition coefficient (Wildman–Crippen LogP) is 16.2. The smallest absolute Gasteiger partial charge is 0.306 e. The minimum atomic E-state index is -0.766. The number of unbranched alkanes of at least 4 members (excludes halogenated alkanes) is 33. The van der Waals surface area contributed by atoms with E-state index in [2.05, 4.69) is 32.9 Å². The Hall–Kier alpha value is -1.85. The van der Waals surface area contributed by atoms with Crippen molar-refractivity contribution in [1.29, 1.82) is 0 Å². The maximum absolute atomic E-state index is 12.7. The first-order chi connectivity index (χ1) is 28.0. The van der Waals surface area contributed by atoms with Crippen molar-refractivity contribution in [2.45, 2.75) is 284 Å². The van der Waals surface area contributed by atoms with Gasteiger partial charge in [-0.2, -0.15) is 0 Å². The van der Waals surface area contributed by atoms with E-state index in [1.165, 1.54) is 173 Å². The van der Waals surface area contributed by atoms with Crippen molar-refractivity contribution >= 4 is 17.9 Å². The van der Waals surface area contributed by atoms with Crippen molar-refractivity contribution in [2.75, 3.05) is 13.2 Å². The minimum Gasteiger partial charge on any atom is -0.462 e. The third-order valence-electron chi connectivity index (χ3n) is 11.3. The van der Waals surface area contributed by atoms with E-state index in [9.17, 15) is 14.4 Å². The maximum atomic E-state index is 12.7. The number of carbonyl (C=O) groups excluding carboxylic acids is 3. The Bertz CT molecular complexity index is 885. The zero-order valence-corrected chi connectivity index (χ0v) is 38.4. The third kappa shape index (κ3) is 45.1. The van der Waals surface area contributed by atoms with Crippen molar-refractivity contribution in [3.8, 4) is 0 Å². The van der Waals surface area contributed by atoms with Gasteiger partial charge in [0.1, 0.15) is 13.2 Å². The molecule has 336 valence electrons. The Morgan fingerprint density at radius 1 is 0.333 bits per heavy atom. The summed E-state index contributed by atoms with van der Waals surface area (Å²) in [7, 11) is 0. The molecular formula is C51H96O6. The highest BCUT2D eigenvalue weighted by atomic mass is 16.6. The summed E-state index contributed by atoms with van der Waals surface area (Å²) in [5, 5.41) is 0. The third-order valence-corrected chi connectivity index (χ3v) is 11.3. The van der Waals surface area contributed by atoms with E-state index in [1.807, 2.05) is 0 Å². The van der Waals surface area contributed by atoms with Crippen LogP contribution in [0.3, 0.4) is 0 Å². The molecule has 0 saturated heterocycles.